The normalized spacial score (nSPS) is 10.4. The summed E-state index contributed by atoms with van der Waals surface area (Å²) in [5.41, 5.74) is 7.83. The maximum Gasteiger partial charge on any atom is 0.251 e. The summed E-state index contributed by atoms with van der Waals surface area (Å²) in [6.07, 6.45) is 3.56. The predicted molar refractivity (Wildman–Crippen MR) is 77.9 cm³/mol. The molecule has 1 amide bonds. The summed E-state index contributed by atoms with van der Waals surface area (Å²) in [6.45, 7) is 3.00. The van der Waals surface area contributed by atoms with Crippen molar-refractivity contribution in [3.05, 3.63) is 46.2 Å². The summed E-state index contributed by atoms with van der Waals surface area (Å²) in [5.74, 6) is -0.127. The Morgan fingerprint density at radius 2 is 2.32 bits per heavy atom. The van der Waals surface area contributed by atoms with Gasteiger partial charge in [-0.15, -0.1) is 0 Å². The van der Waals surface area contributed by atoms with Gasteiger partial charge >= 0.3 is 0 Å². The number of benzene rings is 1. The molecular weight excluding hydrogens is 308 g/mol. The van der Waals surface area contributed by atoms with Crippen LogP contribution in [0.5, 0.6) is 0 Å². The third-order valence-corrected chi connectivity index (χ3v) is 3.30. The molecule has 0 spiro atoms. The number of nitrogens with one attached hydrogen (secondary N) is 1. The maximum atomic E-state index is 12.1. The SMILES string of the molecule is Cc1c(N)cc(Br)cc1C(=O)NCCn1cccn1. The molecule has 0 fully saturated rings. The van der Waals surface area contributed by atoms with Gasteiger partial charge in [-0.3, -0.25) is 9.48 Å². The van der Waals surface area contributed by atoms with Crippen molar-refractivity contribution in [2.45, 2.75) is 13.5 Å². The van der Waals surface area contributed by atoms with Crippen LogP contribution in [0.15, 0.2) is 35.1 Å². The van der Waals surface area contributed by atoms with Gasteiger partial charge in [-0.1, -0.05) is 15.9 Å². The molecular formula is C13H15BrN4O. The average Bonchev–Trinajstić information content (AvgIpc) is 2.86. The Morgan fingerprint density at radius 3 is 3.00 bits per heavy atom. The highest BCUT2D eigenvalue weighted by atomic mass is 79.9. The van der Waals surface area contributed by atoms with Crippen LogP contribution in [0.25, 0.3) is 0 Å². The van der Waals surface area contributed by atoms with Crippen LogP contribution in [0.3, 0.4) is 0 Å². The minimum atomic E-state index is -0.127. The molecule has 0 atom stereocenters. The van der Waals surface area contributed by atoms with Crippen LogP contribution in [-0.4, -0.2) is 22.2 Å². The van der Waals surface area contributed by atoms with Crippen molar-refractivity contribution < 1.29 is 4.79 Å². The summed E-state index contributed by atoms with van der Waals surface area (Å²) in [4.78, 5) is 12.1. The molecule has 1 heterocycles. The van der Waals surface area contributed by atoms with Crippen LogP contribution < -0.4 is 11.1 Å². The molecule has 0 unspecified atom stereocenters. The number of anilines is 1. The first-order valence-corrected chi connectivity index (χ1v) is 6.68. The van der Waals surface area contributed by atoms with Crippen molar-refractivity contribution in [1.29, 1.82) is 0 Å². The molecule has 0 saturated carbocycles. The van der Waals surface area contributed by atoms with Crippen molar-refractivity contribution >= 4 is 27.5 Å². The van der Waals surface area contributed by atoms with E-state index in [1.165, 1.54) is 0 Å². The molecule has 5 nitrogen and oxygen atoms in total. The minimum Gasteiger partial charge on any atom is -0.398 e. The van der Waals surface area contributed by atoms with Gasteiger partial charge < -0.3 is 11.1 Å². The second-order valence-corrected chi connectivity index (χ2v) is 5.11. The quantitative estimate of drug-likeness (QED) is 0.845. The molecule has 0 aliphatic heterocycles. The Labute approximate surface area is 119 Å². The molecule has 0 bridgehead atoms. The number of carbonyl (C=O) groups is 1. The number of rotatable bonds is 4. The predicted octanol–water partition coefficient (Wildman–Crippen LogP) is 1.97. The highest BCUT2D eigenvalue weighted by molar-refractivity contribution is 9.10. The van der Waals surface area contributed by atoms with Crippen LogP contribution in [-0.2, 0) is 6.54 Å². The molecule has 19 heavy (non-hydrogen) atoms. The van der Waals surface area contributed by atoms with Gasteiger partial charge in [0.1, 0.15) is 0 Å². The fourth-order valence-electron chi connectivity index (χ4n) is 1.75. The smallest absolute Gasteiger partial charge is 0.251 e. The molecule has 0 aliphatic carbocycles. The fourth-order valence-corrected chi connectivity index (χ4v) is 2.22. The summed E-state index contributed by atoms with van der Waals surface area (Å²) in [7, 11) is 0. The third kappa shape index (κ3) is 3.35. The lowest BCUT2D eigenvalue weighted by Gasteiger charge is -2.10. The first kappa shape index (κ1) is 13.6. The van der Waals surface area contributed by atoms with E-state index in [1.54, 1.807) is 23.0 Å². The van der Waals surface area contributed by atoms with E-state index in [-0.39, 0.29) is 5.91 Å². The van der Waals surface area contributed by atoms with Gasteiger partial charge in [0, 0.05) is 34.7 Å². The Hall–Kier alpha value is -1.82. The van der Waals surface area contributed by atoms with Gasteiger partial charge in [-0.25, -0.2) is 0 Å². The van der Waals surface area contributed by atoms with E-state index in [2.05, 4.69) is 26.3 Å². The molecule has 0 saturated heterocycles. The van der Waals surface area contributed by atoms with Crippen molar-refractivity contribution in [3.8, 4) is 0 Å². The Kier molecular flexibility index (Phi) is 4.21. The van der Waals surface area contributed by atoms with Gasteiger partial charge in [-0.2, -0.15) is 5.10 Å². The van der Waals surface area contributed by atoms with Gasteiger partial charge in [0.15, 0.2) is 0 Å². The van der Waals surface area contributed by atoms with Crippen LogP contribution in [0.2, 0.25) is 0 Å². The zero-order valence-electron chi connectivity index (χ0n) is 10.6. The summed E-state index contributed by atoms with van der Waals surface area (Å²) < 4.78 is 2.57. The highest BCUT2D eigenvalue weighted by Crippen LogP contribution is 2.22. The monoisotopic (exact) mass is 322 g/mol. The molecule has 3 N–H and O–H groups in total. The summed E-state index contributed by atoms with van der Waals surface area (Å²) in [6, 6.07) is 5.41. The van der Waals surface area contributed by atoms with E-state index in [4.69, 9.17) is 5.73 Å². The molecule has 2 aromatic rings. The van der Waals surface area contributed by atoms with E-state index in [1.807, 2.05) is 19.2 Å². The second-order valence-electron chi connectivity index (χ2n) is 4.19. The molecule has 1 aromatic heterocycles. The van der Waals surface area contributed by atoms with E-state index >= 15 is 0 Å². The second kappa shape index (κ2) is 5.88. The van der Waals surface area contributed by atoms with Crippen molar-refractivity contribution in [3.63, 3.8) is 0 Å². The molecule has 1 aromatic carbocycles. The molecule has 2 rings (SSSR count). The molecule has 0 radical (unpaired) electrons. The van der Waals surface area contributed by atoms with Gasteiger partial charge in [0.25, 0.3) is 5.91 Å². The van der Waals surface area contributed by atoms with Crippen molar-refractivity contribution in [2.24, 2.45) is 0 Å². The highest BCUT2D eigenvalue weighted by Gasteiger charge is 2.11. The molecule has 6 heteroatoms. The first-order chi connectivity index (χ1) is 9.08. The number of nitrogen functional groups attached to an aromatic ring is 1. The third-order valence-electron chi connectivity index (χ3n) is 2.84. The first-order valence-electron chi connectivity index (χ1n) is 5.89. The standard InChI is InChI=1S/C13H15BrN4O/c1-9-11(7-10(14)8-12(9)15)13(19)16-4-6-18-5-2-3-17-18/h2-3,5,7-8H,4,6,15H2,1H3,(H,16,19). The Morgan fingerprint density at radius 1 is 1.53 bits per heavy atom. The zero-order valence-corrected chi connectivity index (χ0v) is 12.1. The van der Waals surface area contributed by atoms with Crippen molar-refractivity contribution in [2.75, 3.05) is 12.3 Å². The number of halogens is 1. The summed E-state index contributed by atoms with van der Waals surface area (Å²) >= 11 is 3.34. The lowest BCUT2D eigenvalue weighted by atomic mass is 10.1. The lowest BCUT2D eigenvalue weighted by Crippen LogP contribution is -2.28. The van der Waals surface area contributed by atoms with Crippen molar-refractivity contribution in [1.82, 2.24) is 15.1 Å². The van der Waals surface area contributed by atoms with Gasteiger partial charge in [-0.05, 0) is 30.7 Å². The zero-order chi connectivity index (χ0) is 13.8. The van der Waals surface area contributed by atoms with E-state index in [0.717, 1.165) is 10.0 Å². The minimum absolute atomic E-state index is 0.127. The fraction of sp³-hybridized carbons (Fsp3) is 0.231. The van der Waals surface area contributed by atoms with Crippen LogP contribution in [0.4, 0.5) is 5.69 Å². The number of hydrogen-bond donors (Lipinski definition) is 2. The van der Waals surface area contributed by atoms with Crippen LogP contribution >= 0.6 is 15.9 Å². The Bertz CT molecular complexity index is 581. The van der Waals surface area contributed by atoms with Gasteiger partial charge in [0.2, 0.25) is 0 Å². The molecule has 100 valence electrons. The number of carbonyl (C=O) groups excluding carboxylic acids is 1. The average molecular weight is 323 g/mol. The van der Waals surface area contributed by atoms with E-state index in [0.29, 0.717) is 24.3 Å². The van der Waals surface area contributed by atoms with E-state index < -0.39 is 0 Å². The van der Waals surface area contributed by atoms with Crippen LogP contribution in [0.1, 0.15) is 15.9 Å². The number of amides is 1. The van der Waals surface area contributed by atoms with Crippen LogP contribution in [0, 0.1) is 6.92 Å². The maximum absolute atomic E-state index is 12.1. The number of aromatic nitrogens is 2. The lowest BCUT2D eigenvalue weighted by molar-refractivity contribution is 0.0951. The number of nitrogens with zero attached hydrogens (tertiary/aromatic N) is 2. The van der Waals surface area contributed by atoms with Gasteiger partial charge in [0.05, 0.1) is 6.54 Å². The Balaban J connectivity index is 2.00. The topological polar surface area (TPSA) is 72.9 Å². The summed E-state index contributed by atoms with van der Waals surface area (Å²) in [5, 5.41) is 6.93. The van der Waals surface area contributed by atoms with E-state index in [9.17, 15) is 4.79 Å². The number of nitrogens with two attached hydrogens (primary N) is 1. The number of hydrogen-bond acceptors (Lipinski definition) is 3. The largest absolute Gasteiger partial charge is 0.398 e. The molecule has 0 aliphatic rings.